The van der Waals surface area contributed by atoms with Crippen molar-refractivity contribution in [3.63, 3.8) is 0 Å². The van der Waals surface area contributed by atoms with Gasteiger partial charge in [-0.1, -0.05) is 176 Å². The van der Waals surface area contributed by atoms with E-state index in [1.54, 1.807) is 0 Å². The molecule has 0 unspecified atom stereocenters. The number of aromatic nitrogens is 3. The number of hydrogen-bond donors (Lipinski definition) is 0. The van der Waals surface area contributed by atoms with Crippen LogP contribution in [0.2, 0.25) is 0 Å². The van der Waals surface area contributed by atoms with Crippen LogP contribution in [0.1, 0.15) is 0 Å². The lowest BCUT2D eigenvalue weighted by atomic mass is 9.89. The number of hydrogen-bond acceptors (Lipinski definition) is 2. The summed E-state index contributed by atoms with van der Waals surface area (Å²) < 4.78 is 2.28. The van der Waals surface area contributed by atoms with E-state index < -0.39 is 0 Å². The van der Waals surface area contributed by atoms with E-state index in [4.69, 9.17) is 9.97 Å². The van der Waals surface area contributed by atoms with Gasteiger partial charge in [-0.25, -0.2) is 9.97 Å². The Morgan fingerprint density at radius 3 is 1.58 bits per heavy atom. The maximum atomic E-state index is 5.28. The van der Waals surface area contributed by atoms with Crippen LogP contribution in [0.5, 0.6) is 0 Å². The number of benzene rings is 9. The molecule has 0 saturated carbocycles. The van der Waals surface area contributed by atoms with Crippen LogP contribution in [0, 0.1) is 0 Å². The molecule has 0 saturated heterocycles. The van der Waals surface area contributed by atoms with Crippen LogP contribution in [-0.4, -0.2) is 14.5 Å². The highest BCUT2D eigenvalue weighted by Crippen LogP contribution is 2.40. The van der Waals surface area contributed by atoms with Crippen molar-refractivity contribution in [1.82, 2.24) is 14.5 Å². The summed E-state index contributed by atoms with van der Waals surface area (Å²) in [5.41, 5.74) is 9.87. The van der Waals surface area contributed by atoms with Gasteiger partial charge in [0.25, 0.3) is 0 Å². The fourth-order valence-corrected chi connectivity index (χ4v) is 8.38. The van der Waals surface area contributed by atoms with Gasteiger partial charge in [-0.05, 0) is 72.8 Å². The molecule has 3 heteroatoms. The monoisotopic (exact) mass is 699 g/mol. The van der Waals surface area contributed by atoms with Crippen LogP contribution in [0.15, 0.2) is 200 Å². The van der Waals surface area contributed by atoms with Crippen LogP contribution in [0.4, 0.5) is 0 Å². The van der Waals surface area contributed by atoms with Crippen molar-refractivity contribution < 1.29 is 0 Å². The van der Waals surface area contributed by atoms with E-state index in [0.717, 1.165) is 39.2 Å². The van der Waals surface area contributed by atoms with E-state index in [0.29, 0.717) is 5.82 Å². The van der Waals surface area contributed by atoms with Gasteiger partial charge in [0, 0.05) is 28.0 Å². The summed E-state index contributed by atoms with van der Waals surface area (Å²) in [5, 5.41) is 9.92. The van der Waals surface area contributed by atoms with Crippen LogP contribution >= 0.6 is 0 Å². The summed E-state index contributed by atoms with van der Waals surface area (Å²) in [5.74, 6) is 1.52. The fourth-order valence-electron chi connectivity index (χ4n) is 8.38. The number of rotatable bonds is 5. The molecule has 2 heterocycles. The van der Waals surface area contributed by atoms with Crippen LogP contribution in [-0.2, 0) is 0 Å². The number of para-hydroxylation sites is 2. The number of nitrogens with zero attached hydrogens (tertiary/aromatic N) is 3. The first-order chi connectivity index (χ1) is 27.3. The van der Waals surface area contributed by atoms with Gasteiger partial charge in [0.1, 0.15) is 5.82 Å². The van der Waals surface area contributed by atoms with Crippen molar-refractivity contribution >= 4 is 54.1 Å². The smallest absolute Gasteiger partial charge is 0.162 e. The Hall–Kier alpha value is -7.36. The predicted molar refractivity (Wildman–Crippen MR) is 231 cm³/mol. The standard InChI is InChI=1S/C52H33N3/c1-2-12-34(13-3-1)35-22-28-39(29-23-35)52-53-47(33-50(54-52)55-48-20-10-8-18-43(48)44-19-9-11-21-49(44)55)37-24-26-38(27-25-37)51-42-17-7-5-15-40(42)32-46-41-16-6-4-14-36(41)30-31-45(46)51/h1-33H. The lowest BCUT2D eigenvalue weighted by Gasteiger charge is -2.15. The normalized spacial score (nSPS) is 11.6. The average molecular weight is 700 g/mol. The van der Waals surface area contributed by atoms with Gasteiger partial charge in [0.05, 0.1) is 16.7 Å². The highest BCUT2D eigenvalue weighted by atomic mass is 15.1. The lowest BCUT2D eigenvalue weighted by Crippen LogP contribution is -2.02. The first-order valence-electron chi connectivity index (χ1n) is 18.7. The summed E-state index contributed by atoms with van der Waals surface area (Å²) in [4.78, 5) is 10.5. The second kappa shape index (κ2) is 12.6. The zero-order valence-electron chi connectivity index (χ0n) is 29.9. The van der Waals surface area contributed by atoms with Crippen LogP contribution in [0.25, 0.3) is 105 Å². The molecule has 0 N–H and O–H groups in total. The Morgan fingerprint density at radius 2 is 0.855 bits per heavy atom. The van der Waals surface area contributed by atoms with Crippen molar-refractivity contribution in [1.29, 1.82) is 0 Å². The van der Waals surface area contributed by atoms with Crippen molar-refractivity contribution in [2.75, 3.05) is 0 Å². The molecule has 0 aliphatic carbocycles. The third kappa shape index (κ3) is 5.20. The number of fused-ring (bicyclic) bond motifs is 7. The van der Waals surface area contributed by atoms with Gasteiger partial charge in [-0.3, -0.25) is 4.57 Å². The molecule has 256 valence electrons. The second-order valence-corrected chi connectivity index (χ2v) is 14.2. The molecule has 11 rings (SSSR count). The first kappa shape index (κ1) is 31.2. The summed E-state index contributed by atoms with van der Waals surface area (Å²) in [7, 11) is 0. The van der Waals surface area contributed by atoms with Gasteiger partial charge in [-0.15, -0.1) is 0 Å². The highest BCUT2D eigenvalue weighted by molar-refractivity contribution is 6.20. The van der Waals surface area contributed by atoms with Crippen molar-refractivity contribution in [2.45, 2.75) is 0 Å². The summed E-state index contributed by atoms with van der Waals surface area (Å²) in [6.45, 7) is 0. The fraction of sp³-hybridized carbons (Fsp3) is 0. The van der Waals surface area contributed by atoms with Gasteiger partial charge >= 0.3 is 0 Å². The van der Waals surface area contributed by atoms with Crippen molar-refractivity contribution in [2.24, 2.45) is 0 Å². The second-order valence-electron chi connectivity index (χ2n) is 14.2. The Morgan fingerprint density at radius 1 is 0.309 bits per heavy atom. The maximum absolute atomic E-state index is 5.28. The van der Waals surface area contributed by atoms with Gasteiger partial charge in [-0.2, -0.15) is 0 Å². The van der Waals surface area contributed by atoms with E-state index in [9.17, 15) is 0 Å². The van der Waals surface area contributed by atoms with Crippen LogP contribution < -0.4 is 0 Å². The third-order valence-electron chi connectivity index (χ3n) is 11.0. The Balaban J connectivity index is 1.09. The molecule has 0 radical (unpaired) electrons. The summed E-state index contributed by atoms with van der Waals surface area (Å²) >= 11 is 0. The highest BCUT2D eigenvalue weighted by Gasteiger charge is 2.17. The Kier molecular flexibility index (Phi) is 7.17. The minimum atomic E-state index is 0.685. The van der Waals surface area contributed by atoms with E-state index in [2.05, 4.69) is 199 Å². The third-order valence-corrected chi connectivity index (χ3v) is 11.0. The zero-order valence-corrected chi connectivity index (χ0v) is 29.9. The van der Waals surface area contributed by atoms with Crippen molar-refractivity contribution in [3.05, 3.63) is 200 Å². The molecule has 3 nitrogen and oxygen atoms in total. The average Bonchev–Trinajstić information content (AvgIpc) is 3.60. The largest absolute Gasteiger partial charge is 0.294 e. The molecule has 2 aromatic heterocycles. The molecule has 0 aliphatic heterocycles. The van der Waals surface area contributed by atoms with E-state index in [1.807, 2.05) is 6.07 Å². The molecule has 0 atom stereocenters. The topological polar surface area (TPSA) is 30.7 Å². The maximum Gasteiger partial charge on any atom is 0.162 e. The molecular weight excluding hydrogens is 667 g/mol. The van der Waals surface area contributed by atoms with Gasteiger partial charge in [0.15, 0.2) is 5.82 Å². The molecule has 0 bridgehead atoms. The SMILES string of the molecule is c1ccc(-c2ccc(-c3nc(-c4ccc(-c5c6ccccc6cc6c5ccc5ccccc56)cc4)cc(-n4c5ccccc5c5ccccc54)n3)cc2)cc1. The molecule has 9 aromatic carbocycles. The quantitative estimate of drug-likeness (QED) is 0.132. The Labute approximate surface area is 318 Å². The molecule has 0 aliphatic rings. The molecule has 55 heavy (non-hydrogen) atoms. The summed E-state index contributed by atoms with van der Waals surface area (Å²) in [6.07, 6.45) is 0. The Bertz CT molecular complexity index is 3180. The van der Waals surface area contributed by atoms with Crippen molar-refractivity contribution in [3.8, 4) is 50.7 Å². The molecule has 0 fully saturated rings. The van der Waals surface area contributed by atoms with E-state index in [1.165, 1.54) is 59.8 Å². The van der Waals surface area contributed by atoms with Gasteiger partial charge in [0.2, 0.25) is 0 Å². The zero-order chi connectivity index (χ0) is 36.3. The van der Waals surface area contributed by atoms with E-state index in [-0.39, 0.29) is 0 Å². The molecule has 0 spiro atoms. The molecule has 0 amide bonds. The molecule has 11 aromatic rings. The minimum Gasteiger partial charge on any atom is -0.294 e. The minimum absolute atomic E-state index is 0.685. The van der Waals surface area contributed by atoms with E-state index >= 15 is 0 Å². The first-order valence-corrected chi connectivity index (χ1v) is 18.7. The summed E-state index contributed by atoms with van der Waals surface area (Å²) in [6, 6.07) is 71.5. The molecular formula is C52H33N3. The van der Waals surface area contributed by atoms with Gasteiger partial charge < -0.3 is 0 Å². The van der Waals surface area contributed by atoms with Crippen LogP contribution in [0.3, 0.4) is 0 Å². The lowest BCUT2D eigenvalue weighted by molar-refractivity contribution is 1.05. The predicted octanol–water partition coefficient (Wildman–Crippen LogP) is 13.7.